The normalized spacial score (nSPS) is 20.2. The Morgan fingerprint density at radius 1 is 1.38 bits per heavy atom. The van der Waals surface area contributed by atoms with E-state index in [9.17, 15) is 4.39 Å². The summed E-state index contributed by atoms with van der Waals surface area (Å²) in [6.45, 7) is 8.18. The zero-order valence-corrected chi connectivity index (χ0v) is 17.2. The van der Waals surface area contributed by atoms with Gasteiger partial charge in [-0.1, -0.05) is 25.1 Å². The summed E-state index contributed by atoms with van der Waals surface area (Å²) in [7, 11) is 1.74. The average molecular weight is 448 g/mol. The second kappa shape index (κ2) is 10.9. The standard InChI is InChI=1S/C18H29FN4.HI/c1-14-7-6-10-23(13-14)15(2)11-21-18(20-3)22-12-16-8-4-5-9-17(16)19;/h4-5,8-9,14-15H,6-7,10-13H2,1-3H3,(H2,20,21,22);1H. The SMILES string of the molecule is CN=C(NCc1ccccc1F)NCC(C)N1CCCC(C)C1.I. The fraction of sp³-hybridized carbons (Fsp3) is 0.611. The Hall–Kier alpha value is -0.890. The first kappa shape index (κ1) is 21.2. The Balaban J connectivity index is 0.00000288. The van der Waals surface area contributed by atoms with Crippen molar-refractivity contribution in [3.05, 3.63) is 35.6 Å². The van der Waals surface area contributed by atoms with Crippen molar-refractivity contribution >= 4 is 29.9 Å². The molecule has 0 aliphatic carbocycles. The molecule has 1 aromatic carbocycles. The van der Waals surface area contributed by atoms with E-state index in [1.54, 1.807) is 19.2 Å². The van der Waals surface area contributed by atoms with Gasteiger partial charge >= 0.3 is 0 Å². The molecule has 0 saturated carbocycles. The third kappa shape index (κ3) is 6.55. The molecule has 2 atom stereocenters. The zero-order valence-electron chi connectivity index (χ0n) is 14.9. The number of hydrogen-bond donors (Lipinski definition) is 2. The fourth-order valence-corrected chi connectivity index (χ4v) is 3.04. The summed E-state index contributed by atoms with van der Waals surface area (Å²) in [6.07, 6.45) is 2.62. The molecule has 0 radical (unpaired) electrons. The van der Waals surface area contributed by atoms with Crippen LogP contribution in [0, 0.1) is 11.7 Å². The van der Waals surface area contributed by atoms with Crippen molar-refractivity contribution in [2.75, 3.05) is 26.7 Å². The molecule has 4 nitrogen and oxygen atoms in total. The molecule has 136 valence electrons. The van der Waals surface area contributed by atoms with Crippen LogP contribution in [0.5, 0.6) is 0 Å². The molecule has 0 bridgehead atoms. The van der Waals surface area contributed by atoms with Crippen LogP contribution in [0.3, 0.4) is 0 Å². The number of benzene rings is 1. The first-order valence-corrected chi connectivity index (χ1v) is 8.52. The van der Waals surface area contributed by atoms with Crippen LogP contribution in [0.4, 0.5) is 4.39 Å². The minimum Gasteiger partial charge on any atom is -0.355 e. The van der Waals surface area contributed by atoms with Crippen molar-refractivity contribution < 1.29 is 4.39 Å². The Bertz CT molecular complexity index is 523. The first-order chi connectivity index (χ1) is 11.1. The molecule has 2 unspecified atom stereocenters. The minimum atomic E-state index is -0.189. The van der Waals surface area contributed by atoms with Gasteiger partial charge in [-0.15, -0.1) is 24.0 Å². The largest absolute Gasteiger partial charge is 0.355 e. The van der Waals surface area contributed by atoms with E-state index < -0.39 is 0 Å². The molecular formula is C18H30FIN4. The van der Waals surface area contributed by atoms with Crippen LogP contribution in [0.2, 0.25) is 0 Å². The van der Waals surface area contributed by atoms with Crippen molar-refractivity contribution in [3.63, 3.8) is 0 Å². The van der Waals surface area contributed by atoms with E-state index in [-0.39, 0.29) is 29.8 Å². The van der Waals surface area contributed by atoms with Crippen LogP contribution < -0.4 is 10.6 Å². The highest BCUT2D eigenvalue weighted by molar-refractivity contribution is 14.0. The number of nitrogens with one attached hydrogen (secondary N) is 2. The van der Waals surface area contributed by atoms with Gasteiger partial charge in [0.1, 0.15) is 5.82 Å². The Labute approximate surface area is 162 Å². The van der Waals surface area contributed by atoms with Crippen LogP contribution in [0.15, 0.2) is 29.3 Å². The fourth-order valence-electron chi connectivity index (χ4n) is 3.04. The monoisotopic (exact) mass is 448 g/mol. The number of piperidine rings is 1. The van der Waals surface area contributed by atoms with E-state index in [1.807, 2.05) is 6.07 Å². The molecule has 1 fully saturated rings. The maximum absolute atomic E-state index is 13.6. The van der Waals surface area contributed by atoms with Crippen LogP contribution in [-0.4, -0.2) is 43.6 Å². The summed E-state index contributed by atoms with van der Waals surface area (Å²) in [6, 6.07) is 7.27. The highest BCUT2D eigenvalue weighted by atomic mass is 127. The average Bonchev–Trinajstić information content (AvgIpc) is 2.56. The summed E-state index contributed by atoms with van der Waals surface area (Å²) >= 11 is 0. The first-order valence-electron chi connectivity index (χ1n) is 8.52. The van der Waals surface area contributed by atoms with Gasteiger partial charge in [-0.25, -0.2) is 4.39 Å². The van der Waals surface area contributed by atoms with Gasteiger partial charge in [-0.3, -0.25) is 9.89 Å². The molecule has 0 amide bonds. The van der Waals surface area contributed by atoms with E-state index in [0.717, 1.165) is 12.5 Å². The van der Waals surface area contributed by atoms with E-state index in [1.165, 1.54) is 32.0 Å². The quantitative estimate of drug-likeness (QED) is 0.413. The van der Waals surface area contributed by atoms with Gasteiger partial charge in [-0.05, 0) is 38.3 Å². The Kier molecular flexibility index (Phi) is 9.58. The van der Waals surface area contributed by atoms with Gasteiger partial charge in [-0.2, -0.15) is 0 Å². The maximum atomic E-state index is 13.6. The van der Waals surface area contributed by atoms with Crippen LogP contribution >= 0.6 is 24.0 Å². The topological polar surface area (TPSA) is 39.7 Å². The maximum Gasteiger partial charge on any atom is 0.191 e. The van der Waals surface area contributed by atoms with Crippen LogP contribution in [0.1, 0.15) is 32.3 Å². The summed E-state index contributed by atoms with van der Waals surface area (Å²) in [5, 5.41) is 6.52. The van der Waals surface area contributed by atoms with Gasteiger partial charge < -0.3 is 10.6 Å². The molecule has 2 N–H and O–H groups in total. The molecule has 6 heteroatoms. The molecule has 24 heavy (non-hydrogen) atoms. The van der Waals surface area contributed by atoms with E-state index in [0.29, 0.717) is 24.1 Å². The van der Waals surface area contributed by atoms with Crippen molar-refractivity contribution in [1.29, 1.82) is 0 Å². The highest BCUT2D eigenvalue weighted by Gasteiger charge is 2.20. The molecule has 1 aliphatic heterocycles. The number of hydrogen-bond acceptors (Lipinski definition) is 2. The van der Waals surface area contributed by atoms with Crippen molar-refractivity contribution in [2.45, 2.75) is 39.3 Å². The Morgan fingerprint density at radius 3 is 2.79 bits per heavy atom. The number of guanidine groups is 1. The molecular weight excluding hydrogens is 418 g/mol. The Morgan fingerprint density at radius 2 is 2.12 bits per heavy atom. The molecule has 2 rings (SSSR count). The highest BCUT2D eigenvalue weighted by Crippen LogP contribution is 2.17. The minimum absolute atomic E-state index is 0. The van der Waals surface area contributed by atoms with Gasteiger partial charge in [0, 0.05) is 38.3 Å². The summed E-state index contributed by atoms with van der Waals surface area (Å²) in [4.78, 5) is 6.75. The molecule has 1 saturated heterocycles. The molecule has 0 spiro atoms. The summed E-state index contributed by atoms with van der Waals surface area (Å²) in [5.74, 6) is 1.31. The molecule has 1 heterocycles. The number of rotatable bonds is 5. The second-order valence-electron chi connectivity index (χ2n) is 6.49. The smallest absolute Gasteiger partial charge is 0.191 e. The predicted octanol–water partition coefficient (Wildman–Crippen LogP) is 3.23. The molecule has 1 aliphatic rings. The lowest BCUT2D eigenvalue weighted by Gasteiger charge is -2.35. The van der Waals surface area contributed by atoms with E-state index >= 15 is 0 Å². The second-order valence-corrected chi connectivity index (χ2v) is 6.49. The lowest BCUT2D eigenvalue weighted by Crippen LogP contribution is -2.48. The molecule has 1 aromatic rings. The van der Waals surface area contributed by atoms with Gasteiger partial charge in [0.05, 0.1) is 0 Å². The summed E-state index contributed by atoms with van der Waals surface area (Å²) in [5.41, 5.74) is 0.647. The van der Waals surface area contributed by atoms with Crippen LogP contribution in [-0.2, 0) is 6.54 Å². The van der Waals surface area contributed by atoms with Crippen molar-refractivity contribution in [2.24, 2.45) is 10.9 Å². The number of likely N-dealkylation sites (tertiary alicyclic amines) is 1. The van der Waals surface area contributed by atoms with Gasteiger partial charge in [0.2, 0.25) is 0 Å². The third-order valence-corrected chi connectivity index (χ3v) is 4.50. The van der Waals surface area contributed by atoms with Crippen LogP contribution in [0.25, 0.3) is 0 Å². The number of nitrogens with zero attached hydrogens (tertiary/aromatic N) is 2. The molecule has 0 aromatic heterocycles. The lowest BCUT2D eigenvalue weighted by molar-refractivity contribution is 0.139. The van der Waals surface area contributed by atoms with E-state index in [2.05, 4.69) is 34.4 Å². The van der Waals surface area contributed by atoms with Gasteiger partial charge in [0.25, 0.3) is 0 Å². The van der Waals surface area contributed by atoms with Crippen molar-refractivity contribution in [1.82, 2.24) is 15.5 Å². The van der Waals surface area contributed by atoms with E-state index in [4.69, 9.17) is 0 Å². The zero-order chi connectivity index (χ0) is 16.7. The summed E-state index contributed by atoms with van der Waals surface area (Å²) < 4.78 is 13.6. The number of aliphatic imine (C=N–C) groups is 1. The third-order valence-electron chi connectivity index (χ3n) is 4.50. The predicted molar refractivity (Wildman–Crippen MR) is 109 cm³/mol. The number of halogens is 2. The van der Waals surface area contributed by atoms with Crippen molar-refractivity contribution in [3.8, 4) is 0 Å². The lowest BCUT2D eigenvalue weighted by atomic mass is 9.99. The van der Waals surface area contributed by atoms with Gasteiger partial charge in [0.15, 0.2) is 5.96 Å².